The highest BCUT2D eigenvalue weighted by Gasteiger charge is 2.35. The maximum absolute atomic E-state index is 12.6. The molecule has 1 saturated carbocycles. The summed E-state index contributed by atoms with van der Waals surface area (Å²) < 4.78 is 49.8. The molecule has 1 N–H and O–H groups in total. The minimum Gasteiger partial charge on any atom is -0.490 e. The summed E-state index contributed by atoms with van der Waals surface area (Å²) in [4.78, 5) is 16.8. The van der Waals surface area contributed by atoms with E-state index in [4.69, 9.17) is 9.72 Å². The molecule has 0 aliphatic heterocycles. The summed E-state index contributed by atoms with van der Waals surface area (Å²) in [6.07, 6.45) is -1.61. The lowest BCUT2D eigenvalue weighted by Crippen LogP contribution is -2.30. The van der Waals surface area contributed by atoms with Crippen LogP contribution in [-0.2, 0) is 6.42 Å². The molecular weight excluding hydrogens is 485 g/mol. The Morgan fingerprint density at radius 1 is 1.19 bits per heavy atom. The van der Waals surface area contributed by atoms with E-state index in [-0.39, 0.29) is 28.9 Å². The molecule has 1 unspecified atom stereocenters. The van der Waals surface area contributed by atoms with Crippen LogP contribution in [0.4, 0.5) is 13.2 Å². The number of carboxylic acid groups (broad SMARTS) is 1. The van der Waals surface area contributed by atoms with Gasteiger partial charge in [-0.15, -0.1) is 13.2 Å². The molecule has 1 fully saturated rings. The maximum Gasteiger partial charge on any atom is 0.573 e. The molecule has 1 aliphatic carbocycles. The Morgan fingerprint density at radius 3 is 2.43 bits per heavy atom. The van der Waals surface area contributed by atoms with E-state index in [0.717, 1.165) is 36.2 Å². The Morgan fingerprint density at radius 2 is 1.86 bits per heavy atom. The number of nitrogens with zero attached hydrogens (tertiary/aromatic N) is 2. The molecule has 9 heteroatoms. The highest BCUT2D eigenvalue weighted by Crippen LogP contribution is 2.46. The number of carbonyl (C=O) groups is 1. The van der Waals surface area contributed by atoms with Crippen molar-refractivity contribution in [1.82, 2.24) is 9.55 Å². The number of benzene rings is 2. The molecule has 3 aromatic rings. The first kappa shape index (κ1) is 26.8. The molecule has 0 amide bonds. The number of rotatable bonds is 7. The molecule has 4 rings (SSSR count). The van der Waals surface area contributed by atoms with Crippen molar-refractivity contribution >= 4 is 17.0 Å². The van der Waals surface area contributed by atoms with Crippen molar-refractivity contribution in [2.24, 2.45) is 11.3 Å². The quantitative estimate of drug-likeness (QED) is 0.353. The van der Waals surface area contributed by atoms with Crippen LogP contribution in [0.1, 0.15) is 81.7 Å². The van der Waals surface area contributed by atoms with Crippen LogP contribution in [0.5, 0.6) is 11.5 Å². The van der Waals surface area contributed by atoms with Crippen LogP contribution in [0.2, 0.25) is 0 Å². The second-order valence-electron chi connectivity index (χ2n) is 11.1. The fraction of sp³-hybridized carbons (Fsp3) is 0.500. The summed E-state index contributed by atoms with van der Waals surface area (Å²) in [6.45, 7) is 10.4. The van der Waals surface area contributed by atoms with E-state index in [9.17, 15) is 23.1 Å². The van der Waals surface area contributed by atoms with Crippen molar-refractivity contribution in [3.63, 3.8) is 0 Å². The summed E-state index contributed by atoms with van der Waals surface area (Å²) in [7, 11) is 0. The fourth-order valence-corrected chi connectivity index (χ4v) is 5.71. The number of aromatic carboxylic acids is 1. The van der Waals surface area contributed by atoms with Crippen molar-refractivity contribution in [3.05, 3.63) is 53.3 Å². The van der Waals surface area contributed by atoms with E-state index >= 15 is 0 Å². The first-order chi connectivity index (χ1) is 17.2. The number of hydrogen-bond donors (Lipinski definition) is 1. The first-order valence-corrected chi connectivity index (χ1v) is 12.5. The van der Waals surface area contributed by atoms with Gasteiger partial charge in [0.2, 0.25) is 0 Å². The van der Waals surface area contributed by atoms with Gasteiger partial charge in [-0.1, -0.05) is 32.9 Å². The smallest absolute Gasteiger partial charge is 0.490 e. The molecule has 0 spiro atoms. The van der Waals surface area contributed by atoms with Crippen LogP contribution < -0.4 is 9.47 Å². The molecule has 200 valence electrons. The Bertz CT molecular complexity index is 1280. The number of carboxylic acids is 1. The van der Waals surface area contributed by atoms with Crippen LogP contribution in [0.3, 0.4) is 0 Å². The third-order valence-corrected chi connectivity index (χ3v) is 6.70. The topological polar surface area (TPSA) is 73.6 Å². The molecule has 6 nitrogen and oxygen atoms in total. The van der Waals surface area contributed by atoms with Gasteiger partial charge >= 0.3 is 12.3 Å². The molecule has 1 aromatic heterocycles. The number of hydrogen-bond acceptors (Lipinski definition) is 4. The molecule has 2 aromatic carbocycles. The first-order valence-electron chi connectivity index (χ1n) is 12.5. The highest BCUT2D eigenvalue weighted by atomic mass is 19.4. The summed E-state index contributed by atoms with van der Waals surface area (Å²) >= 11 is 0. The van der Waals surface area contributed by atoms with Crippen molar-refractivity contribution in [1.29, 1.82) is 0 Å². The number of aromatic nitrogens is 2. The highest BCUT2D eigenvalue weighted by molar-refractivity contribution is 5.96. The third kappa shape index (κ3) is 6.37. The van der Waals surface area contributed by atoms with E-state index in [1.54, 1.807) is 24.3 Å². The van der Waals surface area contributed by atoms with Crippen molar-refractivity contribution in [3.8, 4) is 11.5 Å². The van der Waals surface area contributed by atoms with Gasteiger partial charge in [0.1, 0.15) is 22.9 Å². The van der Waals surface area contributed by atoms with Gasteiger partial charge < -0.3 is 19.1 Å². The molecule has 0 bridgehead atoms. The number of imidazole rings is 1. The van der Waals surface area contributed by atoms with E-state index in [2.05, 4.69) is 30.1 Å². The van der Waals surface area contributed by atoms with Crippen molar-refractivity contribution < 1.29 is 32.5 Å². The Hall–Kier alpha value is -3.23. The predicted octanol–water partition coefficient (Wildman–Crippen LogP) is 7.40. The van der Waals surface area contributed by atoms with Gasteiger partial charge in [-0.2, -0.15) is 0 Å². The lowest BCUT2D eigenvalue weighted by molar-refractivity contribution is -0.274. The monoisotopic (exact) mass is 518 g/mol. The summed E-state index contributed by atoms with van der Waals surface area (Å²) in [5.41, 5.74) is 2.28. The van der Waals surface area contributed by atoms with Crippen molar-refractivity contribution in [2.45, 2.75) is 78.8 Å². The molecule has 0 radical (unpaired) electrons. The van der Waals surface area contributed by atoms with Crippen LogP contribution in [0.25, 0.3) is 11.0 Å². The number of halogens is 3. The lowest BCUT2D eigenvalue weighted by atomic mass is 9.70. The molecule has 1 aliphatic rings. The van der Waals surface area contributed by atoms with E-state index in [0.29, 0.717) is 23.6 Å². The average molecular weight is 519 g/mol. The number of alkyl halides is 3. The fourth-order valence-electron chi connectivity index (χ4n) is 5.71. The second kappa shape index (κ2) is 9.91. The second-order valence-corrected chi connectivity index (χ2v) is 11.1. The average Bonchev–Trinajstić information content (AvgIpc) is 3.08. The Balaban J connectivity index is 1.81. The van der Waals surface area contributed by atoms with E-state index in [1.165, 1.54) is 12.1 Å². The van der Waals surface area contributed by atoms with E-state index in [1.807, 2.05) is 13.8 Å². The van der Waals surface area contributed by atoms with Gasteiger partial charge in [0, 0.05) is 18.5 Å². The van der Waals surface area contributed by atoms with Gasteiger partial charge in [0.25, 0.3) is 0 Å². The van der Waals surface area contributed by atoms with Crippen LogP contribution in [0.15, 0.2) is 36.4 Å². The van der Waals surface area contributed by atoms with Gasteiger partial charge in [-0.05, 0) is 68.2 Å². The molecule has 37 heavy (non-hydrogen) atoms. The van der Waals surface area contributed by atoms with Crippen LogP contribution in [-0.4, -0.2) is 33.1 Å². The molecule has 1 heterocycles. The van der Waals surface area contributed by atoms with Gasteiger partial charge in [0.05, 0.1) is 17.1 Å². The van der Waals surface area contributed by atoms with Crippen LogP contribution in [0, 0.1) is 11.3 Å². The van der Waals surface area contributed by atoms with Gasteiger partial charge in [-0.25, -0.2) is 9.78 Å². The minimum absolute atomic E-state index is 0.0448. The van der Waals surface area contributed by atoms with Crippen LogP contribution >= 0.6 is 0 Å². The lowest BCUT2D eigenvalue weighted by Gasteiger charge is -2.40. The van der Waals surface area contributed by atoms with E-state index < -0.39 is 12.3 Å². The number of ether oxygens (including phenoxy) is 2. The zero-order chi connectivity index (χ0) is 27.1. The van der Waals surface area contributed by atoms with Gasteiger partial charge in [-0.3, -0.25) is 0 Å². The third-order valence-electron chi connectivity index (χ3n) is 6.70. The standard InChI is InChI=1S/C28H33F3N2O4/c1-16(2)36-24-13-23-22(12-21(24)26(34)35)32-25(33(23)19-10-17(3)14-27(4,5)15-19)11-18-6-8-20(9-7-18)37-28(29,30)31/h6-9,12-13,16-17,19H,10-11,14-15H2,1-5H3,(H,34,35)/t17?,19-/m1/s1. The minimum atomic E-state index is -4.75. The van der Waals surface area contributed by atoms with Gasteiger partial charge in [0.15, 0.2) is 0 Å². The Kier molecular flexibility index (Phi) is 7.18. The SMILES string of the molecule is CC1C[C@@H](n2c(Cc3ccc(OC(F)(F)F)cc3)nc3cc(C(=O)O)c(OC(C)C)cc32)CC(C)(C)C1. The summed E-state index contributed by atoms with van der Waals surface area (Å²) in [6, 6.07) is 9.21. The predicted molar refractivity (Wildman–Crippen MR) is 134 cm³/mol. The van der Waals surface area contributed by atoms with Crippen molar-refractivity contribution in [2.75, 3.05) is 0 Å². The molecule has 0 saturated heterocycles. The normalized spacial score (nSPS) is 19.8. The zero-order valence-electron chi connectivity index (χ0n) is 21.7. The number of fused-ring (bicyclic) bond motifs is 1. The maximum atomic E-state index is 12.6. The Labute approximate surface area is 214 Å². The molecule has 2 atom stereocenters. The molecular formula is C28H33F3N2O4. The zero-order valence-corrected chi connectivity index (χ0v) is 21.7. The largest absolute Gasteiger partial charge is 0.573 e. The summed E-state index contributed by atoms with van der Waals surface area (Å²) in [5.74, 6) is 0.130. The summed E-state index contributed by atoms with van der Waals surface area (Å²) in [5, 5.41) is 9.80.